The lowest BCUT2D eigenvalue weighted by molar-refractivity contribution is -0.133. The fourth-order valence-corrected chi connectivity index (χ4v) is 1.49. The molecule has 3 N–H and O–H groups in total. The van der Waals surface area contributed by atoms with Crippen molar-refractivity contribution in [2.45, 2.75) is 6.04 Å². The van der Waals surface area contributed by atoms with Gasteiger partial charge in [-0.1, -0.05) is 30.3 Å². The van der Waals surface area contributed by atoms with Crippen LogP contribution in [0.2, 0.25) is 0 Å². The second-order valence-corrected chi connectivity index (χ2v) is 3.83. The minimum Gasteiger partial charge on any atom is -0.340 e. The van der Waals surface area contributed by atoms with E-state index in [1.165, 1.54) is 11.6 Å². The van der Waals surface area contributed by atoms with Crippen LogP contribution in [0.1, 0.15) is 5.56 Å². The van der Waals surface area contributed by atoms with Crippen molar-refractivity contribution < 1.29 is 14.8 Å². The van der Waals surface area contributed by atoms with Gasteiger partial charge in [-0.25, -0.2) is 5.48 Å². The first-order chi connectivity index (χ1) is 8.67. The molecule has 6 heteroatoms. The van der Waals surface area contributed by atoms with Gasteiger partial charge in [0.05, 0.1) is 0 Å². The highest BCUT2D eigenvalue weighted by atomic mass is 32.1. The number of hydrogen-bond donors (Lipinski definition) is 4. The quantitative estimate of drug-likeness (QED) is 0.273. The van der Waals surface area contributed by atoms with E-state index in [1.807, 2.05) is 30.3 Å². The van der Waals surface area contributed by atoms with Crippen molar-refractivity contribution in [2.24, 2.45) is 0 Å². The first-order valence-corrected chi connectivity index (χ1v) is 5.89. The van der Waals surface area contributed by atoms with Crippen molar-refractivity contribution in [1.29, 1.82) is 0 Å². The molecule has 2 amide bonds. The summed E-state index contributed by atoms with van der Waals surface area (Å²) in [5.41, 5.74) is 2.35. The summed E-state index contributed by atoms with van der Waals surface area (Å²) in [6, 6.07) is 8.41. The average Bonchev–Trinajstić information content (AvgIpc) is 2.42. The van der Waals surface area contributed by atoms with Crippen LogP contribution in [0.4, 0.5) is 0 Å². The number of rotatable bonds is 5. The molecular weight excluding hydrogens is 252 g/mol. The van der Waals surface area contributed by atoms with Gasteiger partial charge in [0.2, 0.25) is 5.91 Å². The summed E-state index contributed by atoms with van der Waals surface area (Å²) in [7, 11) is 0. The molecule has 1 aromatic carbocycles. The summed E-state index contributed by atoms with van der Waals surface area (Å²) in [5, 5.41) is 10.9. The van der Waals surface area contributed by atoms with Crippen LogP contribution in [-0.4, -0.2) is 28.8 Å². The molecule has 0 aliphatic heterocycles. The van der Waals surface area contributed by atoms with Crippen LogP contribution in [0.5, 0.6) is 0 Å². The Balaban J connectivity index is 2.56. The van der Waals surface area contributed by atoms with Gasteiger partial charge in [0.15, 0.2) is 0 Å². The van der Waals surface area contributed by atoms with E-state index in [-0.39, 0.29) is 5.75 Å². The van der Waals surface area contributed by atoms with Crippen molar-refractivity contribution >= 4 is 30.5 Å². The van der Waals surface area contributed by atoms with Gasteiger partial charge < -0.3 is 5.32 Å². The summed E-state index contributed by atoms with van der Waals surface area (Å²) in [6.07, 6.45) is 2.94. The number of carbonyl (C=O) groups is 2. The third-order valence-electron chi connectivity index (χ3n) is 2.15. The molecule has 96 valence electrons. The highest BCUT2D eigenvalue weighted by molar-refractivity contribution is 7.80. The second kappa shape index (κ2) is 7.52. The van der Waals surface area contributed by atoms with Crippen molar-refractivity contribution in [2.75, 3.05) is 5.75 Å². The van der Waals surface area contributed by atoms with Gasteiger partial charge in [-0.3, -0.25) is 14.8 Å². The van der Waals surface area contributed by atoms with Gasteiger partial charge >= 0.3 is 0 Å². The molecular formula is C12H14N2O3S. The third kappa shape index (κ3) is 4.60. The zero-order chi connectivity index (χ0) is 13.4. The smallest absolute Gasteiger partial charge is 0.266 e. The number of benzene rings is 1. The predicted octanol–water partition coefficient (Wildman–Crippen LogP) is 0.620. The predicted molar refractivity (Wildman–Crippen MR) is 71.2 cm³/mol. The lowest BCUT2D eigenvalue weighted by Gasteiger charge is -2.12. The number of carbonyl (C=O) groups excluding carboxylic acids is 2. The maximum Gasteiger partial charge on any atom is 0.266 e. The maximum absolute atomic E-state index is 11.5. The molecule has 18 heavy (non-hydrogen) atoms. The first kappa shape index (κ1) is 14.3. The van der Waals surface area contributed by atoms with E-state index >= 15 is 0 Å². The summed E-state index contributed by atoms with van der Waals surface area (Å²) in [6.45, 7) is 0. The SMILES string of the molecule is O=C(/C=C/c1ccccc1)NC(CS)C(=O)NO. The Morgan fingerprint density at radius 2 is 2.00 bits per heavy atom. The largest absolute Gasteiger partial charge is 0.340 e. The van der Waals surface area contributed by atoms with Crippen molar-refractivity contribution in [3.63, 3.8) is 0 Å². The number of thiol groups is 1. The highest BCUT2D eigenvalue weighted by Gasteiger charge is 2.17. The molecule has 1 rings (SSSR count). The van der Waals surface area contributed by atoms with E-state index in [9.17, 15) is 9.59 Å². The molecule has 1 unspecified atom stereocenters. The molecule has 5 nitrogen and oxygen atoms in total. The van der Waals surface area contributed by atoms with E-state index in [0.29, 0.717) is 0 Å². The zero-order valence-corrected chi connectivity index (χ0v) is 10.4. The molecule has 1 aromatic rings. The Hall–Kier alpha value is -1.79. The van der Waals surface area contributed by atoms with Gasteiger partial charge in [-0.2, -0.15) is 12.6 Å². The fourth-order valence-electron chi connectivity index (χ4n) is 1.23. The highest BCUT2D eigenvalue weighted by Crippen LogP contribution is 2.00. The first-order valence-electron chi connectivity index (χ1n) is 5.26. The molecule has 0 radical (unpaired) electrons. The molecule has 0 aliphatic carbocycles. The van der Waals surface area contributed by atoms with E-state index in [0.717, 1.165) is 5.56 Å². The van der Waals surface area contributed by atoms with Crippen molar-refractivity contribution in [1.82, 2.24) is 10.8 Å². The van der Waals surface area contributed by atoms with Crippen LogP contribution >= 0.6 is 12.6 Å². The van der Waals surface area contributed by atoms with Crippen LogP contribution in [-0.2, 0) is 9.59 Å². The monoisotopic (exact) mass is 266 g/mol. The summed E-state index contributed by atoms with van der Waals surface area (Å²) in [5.74, 6) is -1.04. The number of hydroxylamine groups is 1. The molecule has 0 aromatic heterocycles. The van der Waals surface area contributed by atoms with Crippen LogP contribution < -0.4 is 10.8 Å². The molecule has 0 bridgehead atoms. The average molecular weight is 266 g/mol. The maximum atomic E-state index is 11.5. The van der Waals surface area contributed by atoms with Gasteiger partial charge in [0, 0.05) is 11.8 Å². The minimum atomic E-state index is -0.869. The Kier molecular flexibility index (Phi) is 5.96. The number of nitrogens with one attached hydrogen (secondary N) is 2. The normalized spacial score (nSPS) is 12.1. The Morgan fingerprint density at radius 1 is 1.33 bits per heavy atom. The summed E-state index contributed by atoms with van der Waals surface area (Å²) >= 11 is 3.91. The molecule has 0 heterocycles. The summed E-state index contributed by atoms with van der Waals surface area (Å²) < 4.78 is 0. The number of hydrogen-bond acceptors (Lipinski definition) is 4. The summed E-state index contributed by atoms with van der Waals surface area (Å²) in [4.78, 5) is 22.6. The lowest BCUT2D eigenvalue weighted by atomic mass is 10.2. The Labute approximate surface area is 110 Å². The van der Waals surface area contributed by atoms with E-state index in [2.05, 4.69) is 17.9 Å². The molecule has 0 saturated carbocycles. The fraction of sp³-hybridized carbons (Fsp3) is 0.167. The molecule has 0 saturated heterocycles. The van der Waals surface area contributed by atoms with Gasteiger partial charge in [-0.15, -0.1) is 0 Å². The number of amides is 2. The van der Waals surface area contributed by atoms with E-state index in [1.54, 1.807) is 6.08 Å². The molecule has 1 atom stereocenters. The molecule has 0 spiro atoms. The van der Waals surface area contributed by atoms with Crippen LogP contribution in [0.3, 0.4) is 0 Å². The molecule has 0 fully saturated rings. The molecule has 0 aliphatic rings. The Morgan fingerprint density at radius 3 is 2.56 bits per heavy atom. The topological polar surface area (TPSA) is 78.4 Å². The van der Waals surface area contributed by atoms with Crippen LogP contribution in [0.15, 0.2) is 36.4 Å². The zero-order valence-electron chi connectivity index (χ0n) is 9.54. The van der Waals surface area contributed by atoms with Crippen LogP contribution in [0, 0.1) is 0 Å². The minimum absolute atomic E-state index is 0.0946. The standard InChI is InChI=1S/C12H14N2O3S/c15-11(13-10(8-18)12(16)14-17)7-6-9-4-2-1-3-5-9/h1-7,10,17-18H,8H2,(H,13,15)(H,14,16)/b7-6+. The lowest BCUT2D eigenvalue weighted by Crippen LogP contribution is -2.46. The third-order valence-corrected chi connectivity index (χ3v) is 2.52. The van der Waals surface area contributed by atoms with Gasteiger partial charge in [0.1, 0.15) is 6.04 Å². The Bertz CT molecular complexity index is 434. The van der Waals surface area contributed by atoms with Gasteiger partial charge in [0.25, 0.3) is 5.91 Å². The van der Waals surface area contributed by atoms with Crippen molar-refractivity contribution in [3.8, 4) is 0 Å². The van der Waals surface area contributed by atoms with Crippen LogP contribution in [0.25, 0.3) is 6.08 Å². The van der Waals surface area contributed by atoms with Crippen molar-refractivity contribution in [3.05, 3.63) is 42.0 Å². The van der Waals surface area contributed by atoms with E-state index in [4.69, 9.17) is 5.21 Å². The van der Waals surface area contributed by atoms with E-state index < -0.39 is 17.9 Å². The van der Waals surface area contributed by atoms with Gasteiger partial charge in [-0.05, 0) is 11.6 Å². The second-order valence-electron chi connectivity index (χ2n) is 3.46.